The molecule has 3 rings (SSSR count). The molecule has 0 atom stereocenters. The van der Waals surface area contributed by atoms with Crippen LogP contribution in [0.3, 0.4) is 0 Å². The van der Waals surface area contributed by atoms with Gasteiger partial charge in [-0.2, -0.15) is 21.9 Å². The van der Waals surface area contributed by atoms with Crippen molar-refractivity contribution in [3.05, 3.63) is 39.6 Å². The number of rotatable bonds is 4. The number of benzene rings is 1. The van der Waals surface area contributed by atoms with E-state index in [-0.39, 0.29) is 31.2 Å². The molecule has 1 aromatic carbocycles. The Hall–Kier alpha value is -1.13. The molecule has 0 aliphatic carbocycles. The van der Waals surface area contributed by atoms with Gasteiger partial charge in [0.15, 0.2) is 0 Å². The smallest absolute Gasteiger partial charge is 0.207 e. The number of hydrogen-bond acceptors (Lipinski definition) is 5. The van der Waals surface area contributed by atoms with Crippen molar-refractivity contribution < 1.29 is 16.8 Å². The largest absolute Gasteiger partial charge is 0.283 e. The van der Waals surface area contributed by atoms with Crippen molar-refractivity contribution in [2.75, 3.05) is 13.1 Å². The number of aromatic nitrogens is 2. The molecular weight excluding hydrogens is 445 g/mol. The van der Waals surface area contributed by atoms with Gasteiger partial charge in [-0.15, -0.1) is 0 Å². The summed E-state index contributed by atoms with van der Waals surface area (Å²) in [5, 5.41) is 4.35. The van der Waals surface area contributed by atoms with Gasteiger partial charge in [-0.25, -0.2) is 8.42 Å². The van der Waals surface area contributed by atoms with E-state index in [1.54, 1.807) is 0 Å². The summed E-state index contributed by atoms with van der Waals surface area (Å²) in [7, 11) is -7.97. The first kappa shape index (κ1) is 21.6. The lowest BCUT2D eigenvalue weighted by Crippen LogP contribution is -2.32. The van der Waals surface area contributed by atoms with Crippen LogP contribution in [-0.4, -0.2) is 43.4 Å². The van der Waals surface area contributed by atoms with Gasteiger partial charge in [0.2, 0.25) is 10.0 Å². The number of nitrogens with zero attached hydrogens (tertiary/aromatic N) is 3. The second-order valence-corrected chi connectivity index (χ2v) is 11.2. The summed E-state index contributed by atoms with van der Waals surface area (Å²) >= 11 is 11.8. The summed E-state index contributed by atoms with van der Waals surface area (Å²) in [6.07, 6.45) is 3.53. The Morgan fingerprint density at radius 1 is 0.893 bits per heavy atom. The molecule has 0 bridgehead atoms. The van der Waals surface area contributed by atoms with Crippen LogP contribution in [0.1, 0.15) is 37.1 Å². The van der Waals surface area contributed by atoms with E-state index in [2.05, 4.69) is 5.10 Å². The zero-order chi connectivity index (χ0) is 20.7. The molecule has 1 aromatic heterocycles. The SMILES string of the molecule is Cc1nn(S(=O)(=O)c2ccc(Cl)c(Cl)c2)c(C)c1S(=O)(=O)N1CCCCCC1. The van der Waals surface area contributed by atoms with E-state index in [1.165, 1.54) is 36.4 Å². The Labute approximate surface area is 175 Å². The van der Waals surface area contributed by atoms with Gasteiger partial charge in [-0.3, -0.25) is 0 Å². The van der Waals surface area contributed by atoms with Crippen molar-refractivity contribution in [3.63, 3.8) is 0 Å². The first-order chi connectivity index (χ1) is 13.1. The molecule has 11 heteroatoms. The van der Waals surface area contributed by atoms with E-state index in [4.69, 9.17) is 23.2 Å². The molecule has 154 valence electrons. The van der Waals surface area contributed by atoms with Gasteiger partial charge in [-0.05, 0) is 44.9 Å². The van der Waals surface area contributed by atoms with Crippen LogP contribution in [0.25, 0.3) is 0 Å². The quantitative estimate of drug-likeness (QED) is 0.687. The lowest BCUT2D eigenvalue weighted by Gasteiger charge is -2.20. The standard InChI is InChI=1S/C17H21Cl2N3O4S2/c1-12-17(28(25,26)21-9-5-3-4-6-10-21)13(2)22(20-12)27(23,24)14-7-8-15(18)16(19)11-14/h7-8,11H,3-6,9-10H2,1-2H3. The highest BCUT2D eigenvalue weighted by molar-refractivity contribution is 7.90. The van der Waals surface area contributed by atoms with Crippen molar-refractivity contribution in [2.45, 2.75) is 49.3 Å². The van der Waals surface area contributed by atoms with E-state index >= 15 is 0 Å². The molecule has 1 aliphatic heterocycles. The van der Waals surface area contributed by atoms with Crippen LogP contribution in [0.5, 0.6) is 0 Å². The summed E-state index contributed by atoms with van der Waals surface area (Å²) in [6.45, 7) is 3.79. The fourth-order valence-corrected chi connectivity index (χ4v) is 7.04. The lowest BCUT2D eigenvalue weighted by atomic mass is 10.2. The zero-order valence-electron chi connectivity index (χ0n) is 15.5. The van der Waals surface area contributed by atoms with E-state index in [0.717, 1.165) is 29.8 Å². The van der Waals surface area contributed by atoms with Crippen LogP contribution in [0, 0.1) is 13.8 Å². The highest BCUT2D eigenvalue weighted by Gasteiger charge is 2.34. The summed E-state index contributed by atoms with van der Waals surface area (Å²) in [5.41, 5.74) is 0.193. The van der Waals surface area contributed by atoms with Crippen LogP contribution in [0.4, 0.5) is 0 Å². The number of halogens is 2. The summed E-state index contributed by atoms with van der Waals surface area (Å²) in [6, 6.07) is 3.90. The first-order valence-electron chi connectivity index (χ1n) is 8.84. The molecule has 7 nitrogen and oxygen atoms in total. The second-order valence-electron chi connectivity index (χ2n) is 6.74. The van der Waals surface area contributed by atoms with Gasteiger partial charge in [0.05, 0.1) is 26.3 Å². The van der Waals surface area contributed by atoms with Gasteiger partial charge in [0, 0.05) is 13.1 Å². The average Bonchev–Trinajstić information content (AvgIpc) is 2.80. The minimum Gasteiger partial charge on any atom is -0.207 e. The molecule has 0 spiro atoms. The fraction of sp³-hybridized carbons (Fsp3) is 0.471. The number of hydrogen-bond donors (Lipinski definition) is 0. The Kier molecular flexibility index (Phi) is 6.12. The average molecular weight is 466 g/mol. The molecule has 1 fully saturated rings. The minimum atomic E-state index is -4.13. The van der Waals surface area contributed by atoms with Crippen LogP contribution >= 0.6 is 23.2 Å². The third kappa shape index (κ3) is 3.82. The predicted octanol–water partition coefficient (Wildman–Crippen LogP) is 3.61. The monoisotopic (exact) mass is 465 g/mol. The molecule has 0 radical (unpaired) electrons. The molecule has 0 unspecified atom stereocenters. The van der Waals surface area contributed by atoms with E-state index in [9.17, 15) is 16.8 Å². The third-order valence-corrected chi connectivity index (χ3v) is 9.32. The molecule has 0 N–H and O–H groups in total. The normalized spacial score (nSPS) is 16.9. The van der Waals surface area contributed by atoms with Gasteiger partial charge in [-0.1, -0.05) is 36.0 Å². The minimum absolute atomic E-state index is 0.0489. The van der Waals surface area contributed by atoms with Gasteiger partial charge >= 0.3 is 0 Å². The maximum Gasteiger partial charge on any atom is 0.283 e. The molecule has 0 amide bonds. The molecule has 2 aromatic rings. The maximum atomic E-state index is 13.2. The van der Waals surface area contributed by atoms with Crippen LogP contribution < -0.4 is 0 Å². The number of aryl methyl sites for hydroxylation is 1. The molecule has 1 aliphatic rings. The Bertz CT molecular complexity index is 1100. The molecular formula is C17H21Cl2N3O4S2. The van der Waals surface area contributed by atoms with Crippen molar-refractivity contribution in [1.82, 2.24) is 13.5 Å². The highest BCUT2D eigenvalue weighted by Crippen LogP contribution is 2.30. The van der Waals surface area contributed by atoms with E-state index < -0.39 is 20.0 Å². The van der Waals surface area contributed by atoms with Crippen molar-refractivity contribution in [3.8, 4) is 0 Å². The van der Waals surface area contributed by atoms with Crippen LogP contribution in [0.15, 0.2) is 28.0 Å². The fourth-order valence-electron chi connectivity index (χ4n) is 3.36. The van der Waals surface area contributed by atoms with Crippen molar-refractivity contribution in [1.29, 1.82) is 0 Å². The first-order valence-corrected chi connectivity index (χ1v) is 12.5. The zero-order valence-corrected chi connectivity index (χ0v) is 18.7. The summed E-state index contributed by atoms with van der Waals surface area (Å²) in [4.78, 5) is -0.177. The van der Waals surface area contributed by atoms with Gasteiger partial charge in [0.25, 0.3) is 10.0 Å². The Morgan fingerprint density at radius 2 is 1.50 bits per heavy atom. The summed E-state index contributed by atoms with van der Waals surface area (Å²) < 4.78 is 54.6. The Balaban J connectivity index is 2.10. The predicted molar refractivity (Wildman–Crippen MR) is 108 cm³/mol. The number of sulfonamides is 1. The van der Waals surface area contributed by atoms with E-state index in [0.29, 0.717) is 13.1 Å². The molecule has 28 heavy (non-hydrogen) atoms. The topological polar surface area (TPSA) is 89.3 Å². The molecule has 2 heterocycles. The molecule has 0 saturated carbocycles. The van der Waals surface area contributed by atoms with Gasteiger partial charge in [0.1, 0.15) is 4.90 Å². The summed E-state index contributed by atoms with van der Waals surface area (Å²) in [5.74, 6) is 0. The molecule has 1 saturated heterocycles. The maximum absolute atomic E-state index is 13.2. The van der Waals surface area contributed by atoms with E-state index in [1.807, 2.05) is 0 Å². The van der Waals surface area contributed by atoms with Crippen LogP contribution in [-0.2, 0) is 20.0 Å². The highest BCUT2D eigenvalue weighted by atomic mass is 35.5. The van der Waals surface area contributed by atoms with Crippen LogP contribution in [0.2, 0.25) is 10.0 Å². The van der Waals surface area contributed by atoms with Gasteiger partial charge < -0.3 is 0 Å². The van der Waals surface area contributed by atoms with Crippen molar-refractivity contribution in [2.24, 2.45) is 0 Å². The Morgan fingerprint density at radius 3 is 2.07 bits per heavy atom. The van der Waals surface area contributed by atoms with Crippen molar-refractivity contribution >= 4 is 43.2 Å². The lowest BCUT2D eigenvalue weighted by molar-refractivity contribution is 0.423. The third-order valence-electron chi connectivity index (χ3n) is 4.76. The second kappa shape index (κ2) is 7.95.